The van der Waals surface area contributed by atoms with Crippen molar-refractivity contribution in [1.82, 2.24) is 4.90 Å². The Morgan fingerprint density at radius 2 is 1.68 bits per heavy atom. The third-order valence-electron chi connectivity index (χ3n) is 5.77. The lowest BCUT2D eigenvalue weighted by atomic mass is 10.1. The predicted molar refractivity (Wildman–Crippen MR) is 127 cm³/mol. The summed E-state index contributed by atoms with van der Waals surface area (Å²) >= 11 is 0. The van der Waals surface area contributed by atoms with Crippen molar-refractivity contribution >= 4 is 23.2 Å². The Labute approximate surface area is 197 Å². The molecule has 1 aliphatic rings. The van der Waals surface area contributed by atoms with Crippen molar-refractivity contribution in [2.45, 2.75) is 0 Å². The van der Waals surface area contributed by atoms with Gasteiger partial charge in [0.2, 0.25) is 0 Å². The Kier molecular flexibility index (Phi) is 6.74. The van der Waals surface area contributed by atoms with Gasteiger partial charge in [-0.3, -0.25) is 9.59 Å². The van der Waals surface area contributed by atoms with E-state index in [-0.39, 0.29) is 17.4 Å². The maximum Gasteiger partial charge on any atom is 0.256 e. The highest BCUT2D eigenvalue weighted by Gasteiger charge is 2.26. The Bertz CT molecular complexity index is 1250. The number of nitrogens with one attached hydrogen (secondary N) is 1. The highest BCUT2D eigenvalue weighted by molar-refractivity contribution is 6.09. The smallest absolute Gasteiger partial charge is 0.256 e. The van der Waals surface area contributed by atoms with Crippen LogP contribution in [0.3, 0.4) is 0 Å². The summed E-state index contributed by atoms with van der Waals surface area (Å²) in [5, 5.41) is 12.1. The number of piperazine rings is 1. The number of nitrogens with zero attached hydrogens (tertiary/aromatic N) is 3. The van der Waals surface area contributed by atoms with Crippen molar-refractivity contribution in [2.75, 3.05) is 43.5 Å². The molecule has 0 radical (unpaired) electrons. The molecule has 172 valence electrons. The van der Waals surface area contributed by atoms with Crippen LogP contribution in [0.1, 0.15) is 26.3 Å². The molecular weight excluding hydrogens is 435 g/mol. The van der Waals surface area contributed by atoms with Gasteiger partial charge in [-0.15, -0.1) is 0 Å². The van der Waals surface area contributed by atoms with Crippen molar-refractivity contribution in [1.29, 1.82) is 5.26 Å². The van der Waals surface area contributed by atoms with Crippen LogP contribution in [0.4, 0.5) is 15.8 Å². The number of ether oxygens (including phenoxy) is 1. The van der Waals surface area contributed by atoms with E-state index >= 15 is 0 Å². The summed E-state index contributed by atoms with van der Waals surface area (Å²) in [6.07, 6.45) is 0. The molecule has 0 bridgehead atoms. The minimum absolute atomic E-state index is 0.00821. The average molecular weight is 458 g/mol. The maximum absolute atomic E-state index is 14.0. The summed E-state index contributed by atoms with van der Waals surface area (Å²) in [7, 11) is 1.55. The van der Waals surface area contributed by atoms with Gasteiger partial charge in [-0.05, 0) is 48.5 Å². The second-order valence-electron chi connectivity index (χ2n) is 7.75. The number of anilines is 2. The summed E-state index contributed by atoms with van der Waals surface area (Å²) in [6.45, 7) is 1.73. The van der Waals surface area contributed by atoms with Crippen LogP contribution < -0.4 is 15.0 Å². The third kappa shape index (κ3) is 4.69. The molecule has 0 saturated carbocycles. The van der Waals surface area contributed by atoms with Crippen LogP contribution in [0.5, 0.6) is 5.75 Å². The van der Waals surface area contributed by atoms with Gasteiger partial charge >= 0.3 is 0 Å². The Balaban J connectivity index is 1.46. The zero-order valence-corrected chi connectivity index (χ0v) is 18.6. The topological polar surface area (TPSA) is 85.7 Å². The molecule has 0 aromatic heterocycles. The number of amides is 2. The van der Waals surface area contributed by atoms with Crippen LogP contribution >= 0.6 is 0 Å². The molecule has 3 aromatic rings. The minimum atomic E-state index is -0.556. The molecular formula is C26H23FN4O3. The van der Waals surface area contributed by atoms with Crippen LogP contribution in [-0.2, 0) is 0 Å². The summed E-state index contributed by atoms with van der Waals surface area (Å²) in [5.74, 6) is -0.445. The van der Waals surface area contributed by atoms with E-state index in [2.05, 4.69) is 5.32 Å². The number of halogens is 1. The van der Waals surface area contributed by atoms with Gasteiger partial charge in [0.05, 0.1) is 24.0 Å². The number of methoxy groups -OCH3 is 1. The zero-order valence-electron chi connectivity index (χ0n) is 18.6. The molecule has 1 heterocycles. The molecule has 1 N–H and O–H groups in total. The molecule has 0 aliphatic carbocycles. The van der Waals surface area contributed by atoms with Gasteiger partial charge in [0.1, 0.15) is 23.2 Å². The summed E-state index contributed by atoms with van der Waals surface area (Å²) in [4.78, 5) is 29.6. The van der Waals surface area contributed by atoms with Crippen molar-refractivity contribution in [3.05, 3.63) is 89.2 Å². The fourth-order valence-corrected chi connectivity index (χ4v) is 3.92. The fourth-order valence-electron chi connectivity index (χ4n) is 3.92. The number of carbonyl (C=O) groups is 2. The van der Waals surface area contributed by atoms with Gasteiger partial charge in [0.25, 0.3) is 11.8 Å². The molecule has 1 fully saturated rings. The third-order valence-corrected chi connectivity index (χ3v) is 5.77. The normalized spacial score (nSPS) is 13.2. The van der Waals surface area contributed by atoms with Crippen molar-refractivity contribution < 1.29 is 18.7 Å². The van der Waals surface area contributed by atoms with Crippen LogP contribution in [0, 0.1) is 17.1 Å². The van der Waals surface area contributed by atoms with Gasteiger partial charge in [-0.25, -0.2) is 4.39 Å². The lowest BCUT2D eigenvalue weighted by Crippen LogP contribution is -2.49. The number of hydrogen-bond donors (Lipinski definition) is 1. The van der Waals surface area contributed by atoms with Gasteiger partial charge in [0, 0.05) is 31.7 Å². The molecule has 3 aromatic carbocycles. The van der Waals surface area contributed by atoms with Crippen molar-refractivity contribution in [3.63, 3.8) is 0 Å². The van der Waals surface area contributed by atoms with Crippen molar-refractivity contribution in [3.8, 4) is 11.8 Å². The minimum Gasteiger partial charge on any atom is -0.497 e. The van der Waals surface area contributed by atoms with Gasteiger partial charge < -0.3 is 19.9 Å². The summed E-state index contributed by atoms with van der Waals surface area (Å²) in [5.41, 5.74) is 1.80. The highest BCUT2D eigenvalue weighted by atomic mass is 19.1. The predicted octanol–water partition coefficient (Wildman–Crippen LogP) is 3.92. The van der Waals surface area contributed by atoms with E-state index < -0.39 is 5.82 Å². The number of rotatable bonds is 5. The van der Waals surface area contributed by atoms with E-state index in [0.29, 0.717) is 54.4 Å². The lowest BCUT2D eigenvalue weighted by Gasteiger charge is -2.36. The molecule has 8 heteroatoms. The van der Waals surface area contributed by atoms with Gasteiger partial charge in [0.15, 0.2) is 0 Å². The molecule has 34 heavy (non-hydrogen) atoms. The average Bonchev–Trinajstić information content (AvgIpc) is 2.88. The van der Waals surface area contributed by atoms with Crippen LogP contribution in [-0.4, -0.2) is 50.0 Å². The first-order valence-electron chi connectivity index (χ1n) is 10.8. The number of nitriles is 1. The molecule has 0 atom stereocenters. The number of benzene rings is 3. The second-order valence-corrected chi connectivity index (χ2v) is 7.75. The Hall–Kier alpha value is -4.38. The van der Waals surface area contributed by atoms with E-state index in [0.717, 1.165) is 0 Å². The lowest BCUT2D eigenvalue weighted by molar-refractivity contribution is 0.0748. The SMILES string of the molecule is COc1ccc(C(=O)Nc2ccccc2C(=O)N2CCN(c3cccc(F)c3C#N)CC2)cc1. The Morgan fingerprint density at radius 1 is 0.971 bits per heavy atom. The van der Waals surface area contributed by atoms with E-state index in [1.807, 2.05) is 11.0 Å². The maximum atomic E-state index is 14.0. The van der Waals surface area contributed by atoms with E-state index in [4.69, 9.17) is 4.74 Å². The largest absolute Gasteiger partial charge is 0.497 e. The first-order chi connectivity index (χ1) is 16.5. The van der Waals surface area contributed by atoms with E-state index in [1.165, 1.54) is 6.07 Å². The number of para-hydroxylation sites is 1. The zero-order chi connectivity index (χ0) is 24.1. The standard InChI is InChI=1S/C26H23FN4O3/c1-34-19-11-9-18(10-12-19)25(32)29-23-7-3-2-5-20(23)26(33)31-15-13-30(14-16-31)24-8-4-6-22(27)21(24)17-28/h2-12H,13-16H2,1H3,(H,29,32). The van der Waals surface area contributed by atoms with Crippen LogP contribution in [0.2, 0.25) is 0 Å². The first-order valence-corrected chi connectivity index (χ1v) is 10.8. The molecule has 1 aliphatic heterocycles. The fraction of sp³-hybridized carbons (Fsp3) is 0.192. The molecule has 2 amide bonds. The monoisotopic (exact) mass is 458 g/mol. The first kappa shape index (κ1) is 22.8. The van der Waals surface area contributed by atoms with Crippen molar-refractivity contribution in [2.24, 2.45) is 0 Å². The highest BCUT2D eigenvalue weighted by Crippen LogP contribution is 2.25. The van der Waals surface area contributed by atoms with Crippen LogP contribution in [0.25, 0.3) is 0 Å². The van der Waals surface area contributed by atoms with Gasteiger partial charge in [-0.1, -0.05) is 18.2 Å². The van der Waals surface area contributed by atoms with Gasteiger partial charge in [-0.2, -0.15) is 5.26 Å². The van der Waals surface area contributed by atoms with Crippen LogP contribution in [0.15, 0.2) is 66.7 Å². The molecule has 1 saturated heterocycles. The summed E-state index contributed by atoms with van der Waals surface area (Å²) in [6, 6.07) is 20.0. The molecule has 0 spiro atoms. The number of carbonyl (C=O) groups excluding carboxylic acids is 2. The second kappa shape index (κ2) is 10.0. The van der Waals surface area contributed by atoms with E-state index in [1.54, 1.807) is 72.7 Å². The quantitative estimate of drug-likeness (QED) is 0.626. The molecule has 7 nitrogen and oxygen atoms in total. The number of hydrogen-bond acceptors (Lipinski definition) is 5. The molecule has 4 rings (SSSR count). The molecule has 0 unspecified atom stereocenters. The van der Waals surface area contributed by atoms with E-state index in [9.17, 15) is 19.2 Å². The summed E-state index contributed by atoms with van der Waals surface area (Å²) < 4.78 is 19.1. The Morgan fingerprint density at radius 3 is 2.35 bits per heavy atom.